The zero-order chi connectivity index (χ0) is 13.2. The topological polar surface area (TPSA) is 110 Å². The number of ether oxygens (including phenoxy) is 4. The zero-order valence-electron chi connectivity index (χ0n) is 9.99. The van der Waals surface area contributed by atoms with E-state index in [1.165, 1.54) is 0 Å². The molecule has 8 nitrogen and oxygen atoms in total. The van der Waals surface area contributed by atoms with E-state index in [9.17, 15) is 8.42 Å². The van der Waals surface area contributed by atoms with Gasteiger partial charge in [-0.15, -0.1) is 0 Å². The van der Waals surface area contributed by atoms with Crippen molar-refractivity contribution in [3.05, 3.63) is 0 Å². The van der Waals surface area contributed by atoms with Crippen LogP contribution >= 0.6 is 0 Å². The van der Waals surface area contributed by atoms with Crippen LogP contribution in [0, 0.1) is 0 Å². The molecule has 104 valence electrons. The summed E-state index contributed by atoms with van der Waals surface area (Å²) in [4.78, 5) is 0. The molecule has 3 fully saturated rings. The predicted octanol–water partition coefficient (Wildman–Crippen LogP) is -1.15. The van der Waals surface area contributed by atoms with Crippen molar-refractivity contribution in [2.24, 2.45) is 5.14 Å². The van der Waals surface area contributed by atoms with Gasteiger partial charge in [-0.25, -0.2) is 5.14 Å². The second kappa shape index (κ2) is 3.63. The molecule has 9 heteroatoms. The van der Waals surface area contributed by atoms with E-state index >= 15 is 0 Å². The smallest absolute Gasteiger partial charge is 0.333 e. The quantitative estimate of drug-likeness (QED) is 0.650. The van der Waals surface area contributed by atoms with Crippen LogP contribution in [0.15, 0.2) is 0 Å². The lowest BCUT2D eigenvalue weighted by Crippen LogP contribution is -2.54. The molecule has 3 saturated heterocycles. The number of fused-ring (bicyclic) bond motifs is 3. The van der Waals surface area contributed by atoms with Crippen molar-refractivity contribution in [3.8, 4) is 0 Å². The molecule has 0 unspecified atom stereocenters. The Morgan fingerprint density at radius 2 is 2.17 bits per heavy atom. The van der Waals surface area contributed by atoms with Gasteiger partial charge in [0.1, 0.15) is 24.9 Å². The molecule has 0 radical (unpaired) electrons. The molecule has 0 bridgehead atoms. The van der Waals surface area contributed by atoms with Crippen molar-refractivity contribution in [1.82, 2.24) is 0 Å². The molecule has 0 aromatic heterocycles. The molecule has 3 heterocycles. The number of rotatable bonds is 3. The molecule has 4 atom stereocenters. The summed E-state index contributed by atoms with van der Waals surface area (Å²) in [6.07, 6.45) is -0.687. The van der Waals surface area contributed by atoms with Crippen molar-refractivity contribution in [1.29, 1.82) is 0 Å². The van der Waals surface area contributed by atoms with Gasteiger partial charge < -0.3 is 18.9 Å². The normalized spacial score (nSPS) is 45.4. The first-order valence-electron chi connectivity index (χ1n) is 5.55. The molecule has 3 aliphatic heterocycles. The molecule has 3 rings (SSSR count). The van der Waals surface area contributed by atoms with Crippen molar-refractivity contribution in [2.45, 2.75) is 43.7 Å². The average Bonchev–Trinajstić information content (AvgIpc) is 2.92. The Balaban J connectivity index is 1.82. The van der Waals surface area contributed by atoms with E-state index < -0.39 is 28.0 Å². The Hall–Kier alpha value is -0.290. The maximum absolute atomic E-state index is 10.9. The SMILES string of the molecule is CC1(C)O[C@H]2[C@@H]3O[C@@H]3CO[C@@]2(COS(N)(=O)=O)O1. The predicted molar refractivity (Wildman–Crippen MR) is 56.4 cm³/mol. The van der Waals surface area contributed by atoms with Gasteiger partial charge in [-0.2, -0.15) is 8.42 Å². The van der Waals surface area contributed by atoms with Crippen molar-refractivity contribution in [3.63, 3.8) is 0 Å². The lowest BCUT2D eigenvalue weighted by molar-refractivity contribution is -0.271. The van der Waals surface area contributed by atoms with E-state index in [1.807, 2.05) is 0 Å². The monoisotopic (exact) mass is 281 g/mol. The minimum Gasteiger partial charge on any atom is -0.364 e. The Morgan fingerprint density at radius 3 is 2.83 bits per heavy atom. The third-order valence-corrected chi connectivity index (χ3v) is 3.55. The van der Waals surface area contributed by atoms with Gasteiger partial charge in [0.25, 0.3) is 0 Å². The zero-order valence-corrected chi connectivity index (χ0v) is 10.8. The van der Waals surface area contributed by atoms with Crippen molar-refractivity contribution < 1.29 is 31.5 Å². The fourth-order valence-corrected chi connectivity index (χ4v) is 2.75. The lowest BCUT2D eigenvalue weighted by atomic mass is 10.0. The third kappa shape index (κ3) is 2.16. The number of hydrogen-bond acceptors (Lipinski definition) is 7. The molecule has 0 aliphatic carbocycles. The van der Waals surface area contributed by atoms with Crippen LogP contribution in [-0.4, -0.2) is 51.5 Å². The highest BCUT2D eigenvalue weighted by molar-refractivity contribution is 7.84. The van der Waals surface area contributed by atoms with Gasteiger partial charge in [0.05, 0.1) is 6.61 Å². The molecule has 0 saturated carbocycles. The lowest BCUT2D eigenvalue weighted by Gasteiger charge is -2.33. The number of epoxide rings is 1. The van der Waals surface area contributed by atoms with E-state index in [4.69, 9.17) is 24.1 Å². The van der Waals surface area contributed by atoms with Gasteiger partial charge >= 0.3 is 10.3 Å². The summed E-state index contributed by atoms with van der Waals surface area (Å²) < 4.78 is 48.7. The molecular formula is C9H15NO7S. The highest BCUT2D eigenvalue weighted by atomic mass is 32.2. The van der Waals surface area contributed by atoms with Gasteiger partial charge in [0.2, 0.25) is 5.79 Å². The van der Waals surface area contributed by atoms with Gasteiger partial charge in [-0.1, -0.05) is 0 Å². The molecular weight excluding hydrogens is 266 g/mol. The average molecular weight is 281 g/mol. The minimum absolute atomic E-state index is 0.0184. The second-order valence-corrected chi connectivity index (χ2v) is 6.28. The Bertz CT molecular complexity index is 464. The van der Waals surface area contributed by atoms with Crippen LogP contribution in [0.3, 0.4) is 0 Å². The second-order valence-electron chi connectivity index (χ2n) is 5.06. The van der Waals surface area contributed by atoms with Gasteiger partial charge in [-0.05, 0) is 13.8 Å². The fraction of sp³-hybridized carbons (Fsp3) is 1.00. The summed E-state index contributed by atoms with van der Waals surface area (Å²) in [6, 6.07) is 0. The van der Waals surface area contributed by atoms with E-state index in [0.717, 1.165) is 0 Å². The summed E-state index contributed by atoms with van der Waals surface area (Å²) in [5.74, 6) is -2.18. The molecule has 0 aromatic rings. The highest BCUT2D eigenvalue weighted by Crippen LogP contribution is 2.48. The standard InChI is InChI=1S/C9H15NO7S/c1-8(2)16-7-6-5(15-6)3-13-9(7,17-8)4-14-18(10,11)12/h5-7H,3-4H2,1-2H3,(H2,10,11,12)/t5-,6-,7+,9+/m1/s1. The highest BCUT2D eigenvalue weighted by Gasteiger charge is 2.67. The van der Waals surface area contributed by atoms with E-state index in [1.54, 1.807) is 13.8 Å². The maximum Gasteiger partial charge on any atom is 0.333 e. The summed E-state index contributed by atoms with van der Waals surface area (Å²) in [6.45, 7) is 3.39. The van der Waals surface area contributed by atoms with Crippen LogP contribution in [0.1, 0.15) is 13.8 Å². The molecule has 0 aromatic carbocycles. The first kappa shape index (κ1) is 12.7. The Labute approximate surface area is 105 Å². The largest absolute Gasteiger partial charge is 0.364 e. The number of nitrogens with two attached hydrogens (primary N) is 1. The van der Waals surface area contributed by atoms with Crippen LogP contribution in [0.2, 0.25) is 0 Å². The molecule has 18 heavy (non-hydrogen) atoms. The van der Waals surface area contributed by atoms with Gasteiger partial charge in [0.15, 0.2) is 5.79 Å². The summed E-state index contributed by atoms with van der Waals surface area (Å²) >= 11 is 0. The van der Waals surface area contributed by atoms with Crippen LogP contribution < -0.4 is 5.14 Å². The summed E-state index contributed by atoms with van der Waals surface area (Å²) in [5.41, 5.74) is 0. The van der Waals surface area contributed by atoms with Crippen molar-refractivity contribution in [2.75, 3.05) is 13.2 Å². The van der Waals surface area contributed by atoms with Gasteiger partial charge in [0, 0.05) is 0 Å². The third-order valence-electron chi connectivity index (χ3n) is 3.10. The van der Waals surface area contributed by atoms with E-state index in [2.05, 4.69) is 4.18 Å². The summed E-state index contributed by atoms with van der Waals surface area (Å²) in [7, 11) is -4.06. The van der Waals surface area contributed by atoms with Crippen LogP contribution in [0.25, 0.3) is 0 Å². The minimum atomic E-state index is -4.06. The van der Waals surface area contributed by atoms with E-state index in [0.29, 0.717) is 6.61 Å². The fourth-order valence-electron chi connectivity index (χ4n) is 2.42. The maximum atomic E-state index is 10.9. The Morgan fingerprint density at radius 1 is 1.44 bits per heavy atom. The molecule has 3 aliphatic rings. The van der Waals surface area contributed by atoms with Gasteiger partial charge in [-0.3, -0.25) is 4.18 Å². The molecule has 2 N–H and O–H groups in total. The van der Waals surface area contributed by atoms with E-state index in [-0.39, 0.29) is 18.8 Å². The number of hydrogen-bond donors (Lipinski definition) is 1. The van der Waals surface area contributed by atoms with Crippen LogP contribution in [0.5, 0.6) is 0 Å². The Kier molecular flexibility index (Phi) is 2.57. The van der Waals surface area contributed by atoms with Crippen LogP contribution in [-0.2, 0) is 33.4 Å². The van der Waals surface area contributed by atoms with Crippen LogP contribution in [0.4, 0.5) is 0 Å². The molecule has 0 spiro atoms. The van der Waals surface area contributed by atoms with Crippen molar-refractivity contribution >= 4 is 10.3 Å². The molecule has 0 amide bonds. The first-order valence-corrected chi connectivity index (χ1v) is 7.03. The summed E-state index contributed by atoms with van der Waals surface area (Å²) in [5, 5.41) is 4.81. The first-order chi connectivity index (χ1) is 8.21.